The average molecular weight is 553 g/mol. The number of benzene rings is 3. The highest BCUT2D eigenvalue weighted by Crippen LogP contribution is 2.31. The lowest BCUT2D eigenvalue weighted by atomic mass is 9.86. The van der Waals surface area contributed by atoms with Crippen molar-refractivity contribution in [1.82, 2.24) is 5.01 Å². The number of aliphatic hydroxyl groups is 1. The van der Waals surface area contributed by atoms with Crippen LogP contribution in [0.4, 0.5) is 0 Å². The van der Waals surface area contributed by atoms with E-state index in [2.05, 4.69) is 16.5 Å². The molecule has 7 nitrogen and oxygen atoms in total. The molecule has 1 aliphatic rings. The molecule has 0 radical (unpaired) electrons. The van der Waals surface area contributed by atoms with Gasteiger partial charge in [-0.3, -0.25) is 0 Å². The number of sulfonamides is 1. The molecule has 0 spiro atoms. The van der Waals surface area contributed by atoms with Gasteiger partial charge in [0, 0.05) is 29.8 Å². The van der Waals surface area contributed by atoms with Crippen molar-refractivity contribution in [3.05, 3.63) is 101 Å². The number of thioether (sulfide) groups is 1. The molecule has 1 aliphatic heterocycles. The van der Waals surface area contributed by atoms with E-state index in [0.717, 1.165) is 16.8 Å². The lowest BCUT2D eigenvalue weighted by molar-refractivity contribution is 0.296. The molecular formula is C27H25ClN4O3S2. The summed E-state index contributed by atoms with van der Waals surface area (Å²) in [6, 6.07) is 25.1. The summed E-state index contributed by atoms with van der Waals surface area (Å²) in [4.78, 5) is -0.00664. The fourth-order valence-electron chi connectivity index (χ4n) is 3.90. The van der Waals surface area contributed by atoms with Crippen LogP contribution in [0.2, 0.25) is 5.02 Å². The predicted octanol–water partition coefficient (Wildman–Crippen LogP) is 5.27. The standard InChI is InChI=1S/C27H25ClN4O3S2/c28-23-11-9-22(10-12-23)26-25(21-5-2-1-3-6-21)15-16-32(30-26)27(36-18-4-17-33)31-37(34,35)24-13-7-20(19-29)8-14-24/h1-3,5-14,25,33H,4,15-18H2/b31-27-. The van der Waals surface area contributed by atoms with E-state index >= 15 is 0 Å². The Morgan fingerprint density at radius 2 is 1.81 bits per heavy atom. The zero-order valence-electron chi connectivity index (χ0n) is 19.9. The number of rotatable bonds is 7. The third kappa shape index (κ3) is 6.79. The van der Waals surface area contributed by atoms with Crippen molar-refractivity contribution in [2.45, 2.75) is 23.7 Å². The van der Waals surface area contributed by atoms with Gasteiger partial charge in [0.15, 0.2) is 5.17 Å². The molecule has 0 amide bonds. The van der Waals surface area contributed by atoms with E-state index in [1.165, 1.54) is 36.0 Å². The van der Waals surface area contributed by atoms with Gasteiger partial charge >= 0.3 is 0 Å². The molecule has 3 aromatic carbocycles. The van der Waals surface area contributed by atoms with Crippen molar-refractivity contribution in [1.29, 1.82) is 5.26 Å². The van der Waals surface area contributed by atoms with Crippen LogP contribution in [0.25, 0.3) is 0 Å². The zero-order valence-corrected chi connectivity index (χ0v) is 22.3. The smallest absolute Gasteiger partial charge is 0.284 e. The Bertz CT molecular complexity index is 1420. The van der Waals surface area contributed by atoms with Crippen LogP contribution >= 0.6 is 23.4 Å². The maximum absolute atomic E-state index is 13.2. The van der Waals surface area contributed by atoms with Gasteiger partial charge < -0.3 is 5.11 Å². The summed E-state index contributed by atoms with van der Waals surface area (Å²) in [5.41, 5.74) is 3.16. The van der Waals surface area contributed by atoms with Crippen LogP contribution < -0.4 is 0 Å². The second-order valence-electron chi connectivity index (χ2n) is 8.28. The second kappa shape index (κ2) is 12.4. The molecule has 3 aromatic rings. The third-order valence-corrected chi connectivity index (χ3v) is 8.47. The van der Waals surface area contributed by atoms with Gasteiger partial charge in [-0.2, -0.15) is 18.8 Å². The molecule has 190 valence electrons. The highest BCUT2D eigenvalue weighted by Gasteiger charge is 2.29. The molecule has 0 aromatic heterocycles. The van der Waals surface area contributed by atoms with Crippen molar-refractivity contribution in [2.75, 3.05) is 18.9 Å². The van der Waals surface area contributed by atoms with Crippen LogP contribution in [0.3, 0.4) is 0 Å². The minimum Gasteiger partial charge on any atom is -0.396 e. The Balaban J connectivity index is 1.76. The first-order valence-corrected chi connectivity index (χ1v) is 14.5. The van der Waals surface area contributed by atoms with E-state index in [0.29, 0.717) is 35.7 Å². The Morgan fingerprint density at radius 1 is 1.11 bits per heavy atom. The SMILES string of the molecule is N#Cc1ccc(S(=O)(=O)/N=C(\SCCCO)N2CCC(c3ccccc3)C(c3ccc(Cl)cc3)=N2)cc1. The van der Waals surface area contributed by atoms with Gasteiger partial charge in [-0.05, 0) is 60.4 Å². The number of hydrazone groups is 1. The van der Waals surface area contributed by atoms with Crippen molar-refractivity contribution in [2.24, 2.45) is 9.50 Å². The van der Waals surface area contributed by atoms with Crippen molar-refractivity contribution >= 4 is 44.3 Å². The van der Waals surface area contributed by atoms with Crippen LogP contribution in [0, 0.1) is 11.3 Å². The first-order valence-electron chi connectivity index (χ1n) is 11.7. The number of hydrogen-bond acceptors (Lipinski definition) is 6. The van der Waals surface area contributed by atoms with Crippen molar-refractivity contribution < 1.29 is 13.5 Å². The average Bonchev–Trinajstić information content (AvgIpc) is 2.93. The first-order chi connectivity index (χ1) is 17.9. The van der Waals surface area contributed by atoms with Crippen molar-refractivity contribution in [3.8, 4) is 6.07 Å². The van der Waals surface area contributed by atoms with Gasteiger partial charge in [-0.25, -0.2) is 5.01 Å². The van der Waals surface area contributed by atoms with E-state index in [-0.39, 0.29) is 22.6 Å². The summed E-state index contributed by atoms with van der Waals surface area (Å²) in [5.74, 6) is 0.486. The van der Waals surface area contributed by atoms with Crippen LogP contribution in [-0.4, -0.2) is 48.3 Å². The molecule has 0 aliphatic carbocycles. The topological polar surface area (TPSA) is 106 Å². The van der Waals surface area contributed by atoms with E-state index in [9.17, 15) is 13.5 Å². The molecular weight excluding hydrogens is 528 g/mol. The van der Waals surface area contributed by atoms with E-state index in [1.54, 1.807) is 17.1 Å². The van der Waals surface area contributed by atoms with E-state index in [4.69, 9.17) is 22.0 Å². The lowest BCUT2D eigenvalue weighted by Crippen LogP contribution is -2.35. The number of nitrogens with zero attached hydrogens (tertiary/aromatic N) is 4. The van der Waals surface area contributed by atoms with E-state index < -0.39 is 10.0 Å². The molecule has 0 fully saturated rings. The molecule has 1 N–H and O–H groups in total. The highest BCUT2D eigenvalue weighted by atomic mass is 35.5. The Labute approximate surface area is 226 Å². The molecule has 37 heavy (non-hydrogen) atoms. The third-order valence-electron chi connectivity index (χ3n) is 5.76. The quantitative estimate of drug-likeness (QED) is 0.243. The number of nitriles is 1. The van der Waals surface area contributed by atoms with Crippen LogP contribution in [0.5, 0.6) is 0 Å². The molecule has 0 saturated carbocycles. The maximum Gasteiger partial charge on any atom is 0.284 e. The number of aliphatic hydroxyl groups excluding tert-OH is 1. The second-order valence-corrected chi connectivity index (χ2v) is 11.4. The van der Waals surface area contributed by atoms with Gasteiger partial charge in [0.25, 0.3) is 10.0 Å². The minimum atomic E-state index is -4.06. The first kappa shape index (κ1) is 26.9. The lowest BCUT2D eigenvalue weighted by Gasteiger charge is -2.31. The maximum atomic E-state index is 13.2. The fourth-order valence-corrected chi connectivity index (χ4v) is 6.15. The summed E-state index contributed by atoms with van der Waals surface area (Å²) in [6.45, 7) is 0.447. The van der Waals surface area contributed by atoms with Crippen molar-refractivity contribution in [3.63, 3.8) is 0 Å². The summed E-state index contributed by atoms with van der Waals surface area (Å²) >= 11 is 7.36. The zero-order chi connectivity index (χ0) is 26.3. The fraction of sp³-hybridized carbons (Fsp3) is 0.222. The Kier molecular flexibility index (Phi) is 9.00. The summed E-state index contributed by atoms with van der Waals surface area (Å²) in [5, 5.41) is 25.7. The van der Waals surface area contributed by atoms with Gasteiger partial charge in [0.2, 0.25) is 0 Å². The molecule has 1 heterocycles. The Hall–Kier alpha value is -3.16. The number of hydrogen-bond donors (Lipinski definition) is 1. The van der Waals surface area contributed by atoms with Crippen LogP contribution in [-0.2, 0) is 10.0 Å². The van der Waals surface area contributed by atoms with Gasteiger partial charge in [0.05, 0.1) is 22.2 Å². The molecule has 1 atom stereocenters. The van der Waals surface area contributed by atoms with Gasteiger partial charge in [0.1, 0.15) is 0 Å². The summed E-state index contributed by atoms with van der Waals surface area (Å²) in [7, 11) is -4.06. The normalized spacial score (nSPS) is 16.2. The largest absolute Gasteiger partial charge is 0.396 e. The molecule has 4 rings (SSSR count). The predicted molar refractivity (Wildman–Crippen MR) is 148 cm³/mol. The summed E-state index contributed by atoms with van der Waals surface area (Å²) < 4.78 is 30.5. The Morgan fingerprint density at radius 3 is 2.46 bits per heavy atom. The highest BCUT2D eigenvalue weighted by molar-refractivity contribution is 8.14. The number of amidine groups is 1. The van der Waals surface area contributed by atoms with Gasteiger partial charge in [-0.1, -0.05) is 65.8 Å². The summed E-state index contributed by atoms with van der Waals surface area (Å²) in [6.07, 6.45) is 1.18. The molecule has 0 bridgehead atoms. The number of halogens is 1. The monoisotopic (exact) mass is 552 g/mol. The molecule has 10 heteroatoms. The van der Waals surface area contributed by atoms with Gasteiger partial charge in [-0.15, -0.1) is 4.40 Å². The molecule has 0 saturated heterocycles. The van der Waals surface area contributed by atoms with E-state index in [1.807, 2.05) is 36.4 Å². The minimum absolute atomic E-state index is 0.00664. The molecule has 1 unspecified atom stereocenters. The van der Waals surface area contributed by atoms with Crippen LogP contribution in [0.1, 0.15) is 35.4 Å². The van der Waals surface area contributed by atoms with Crippen LogP contribution in [0.15, 0.2) is 93.3 Å².